The Balaban J connectivity index is 1.61. The van der Waals surface area contributed by atoms with E-state index in [-0.39, 0.29) is 6.03 Å². The molecular formula is C20H22N8O. The third kappa shape index (κ3) is 2.77. The number of hydrogen-bond donors (Lipinski definition) is 1. The van der Waals surface area contributed by atoms with Crippen LogP contribution in [0.15, 0.2) is 36.9 Å². The first-order valence-electron chi connectivity index (χ1n) is 9.52. The minimum absolute atomic E-state index is 0.0648. The van der Waals surface area contributed by atoms with Gasteiger partial charge >= 0.3 is 6.03 Å². The highest BCUT2D eigenvalue weighted by molar-refractivity contribution is 5.95. The van der Waals surface area contributed by atoms with Gasteiger partial charge in [-0.05, 0) is 12.1 Å². The summed E-state index contributed by atoms with van der Waals surface area (Å²) in [5.41, 5.74) is 5.90. The van der Waals surface area contributed by atoms with Crippen molar-refractivity contribution in [1.82, 2.24) is 39.3 Å². The Morgan fingerprint density at radius 1 is 1.14 bits per heavy atom. The van der Waals surface area contributed by atoms with Crippen LogP contribution >= 0.6 is 0 Å². The molecule has 1 aliphatic heterocycles. The molecule has 0 spiro atoms. The van der Waals surface area contributed by atoms with Crippen LogP contribution in [0.4, 0.5) is 4.79 Å². The van der Waals surface area contributed by atoms with Crippen LogP contribution in [0, 0.1) is 0 Å². The van der Waals surface area contributed by atoms with Crippen LogP contribution in [0.3, 0.4) is 0 Å². The number of fused-ring (bicyclic) bond motifs is 2. The maximum Gasteiger partial charge on any atom is 0.317 e. The number of benzene rings is 1. The molecule has 4 heterocycles. The van der Waals surface area contributed by atoms with Gasteiger partial charge in [0, 0.05) is 56.9 Å². The Bertz CT molecular complexity index is 1230. The molecule has 0 radical (unpaired) electrons. The molecule has 2 amide bonds. The Morgan fingerprint density at radius 3 is 2.76 bits per heavy atom. The Morgan fingerprint density at radius 2 is 2.00 bits per heavy atom. The number of amides is 2. The van der Waals surface area contributed by atoms with Crippen LogP contribution in [-0.2, 0) is 27.2 Å². The number of nitrogens with zero attached hydrogens (tertiary/aromatic N) is 7. The normalized spacial score (nSPS) is 13.7. The molecule has 1 N–H and O–H groups in total. The summed E-state index contributed by atoms with van der Waals surface area (Å²) >= 11 is 0. The number of imidazole rings is 1. The number of hydrogen-bond acceptors (Lipinski definition) is 4. The predicted molar refractivity (Wildman–Crippen MR) is 109 cm³/mol. The van der Waals surface area contributed by atoms with Crippen molar-refractivity contribution in [1.29, 1.82) is 0 Å². The van der Waals surface area contributed by atoms with Gasteiger partial charge in [-0.25, -0.2) is 9.78 Å². The summed E-state index contributed by atoms with van der Waals surface area (Å²) in [4.78, 5) is 18.6. The summed E-state index contributed by atoms with van der Waals surface area (Å²) in [7, 11) is 5.50. The second-order valence-electron chi connectivity index (χ2n) is 7.32. The first-order chi connectivity index (χ1) is 14.0. The van der Waals surface area contributed by atoms with Gasteiger partial charge in [-0.1, -0.05) is 6.07 Å². The molecule has 0 saturated carbocycles. The van der Waals surface area contributed by atoms with Gasteiger partial charge in [0.15, 0.2) is 0 Å². The Labute approximate surface area is 167 Å². The van der Waals surface area contributed by atoms with Crippen molar-refractivity contribution in [3.05, 3.63) is 42.6 Å². The molecule has 3 aromatic heterocycles. The highest BCUT2D eigenvalue weighted by Gasteiger charge is 2.24. The smallest absolute Gasteiger partial charge is 0.317 e. The van der Waals surface area contributed by atoms with E-state index in [1.54, 1.807) is 11.7 Å². The molecule has 0 fully saturated rings. The molecule has 1 aromatic carbocycles. The van der Waals surface area contributed by atoms with Crippen LogP contribution in [0.2, 0.25) is 0 Å². The van der Waals surface area contributed by atoms with Gasteiger partial charge in [-0.2, -0.15) is 10.2 Å². The summed E-state index contributed by atoms with van der Waals surface area (Å²) in [5, 5.41) is 12.8. The SMILES string of the molecule is CNC(=O)N1CCn2cnc(-c3ccc4c(c3)c(-c3cnn(C)c3)nn4C)c2C1. The molecule has 5 rings (SSSR count). The highest BCUT2D eigenvalue weighted by Crippen LogP contribution is 2.33. The second kappa shape index (κ2) is 6.47. The van der Waals surface area contributed by atoms with Crippen molar-refractivity contribution >= 4 is 16.9 Å². The highest BCUT2D eigenvalue weighted by atomic mass is 16.2. The lowest BCUT2D eigenvalue weighted by Crippen LogP contribution is -2.42. The molecule has 4 aromatic rings. The van der Waals surface area contributed by atoms with Gasteiger partial charge < -0.3 is 14.8 Å². The lowest BCUT2D eigenvalue weighted by molar-refractivity contribution is 0.186. The van der Waals surface area contributed by atoms with E-state index in [1.807, 2.05) is 42.4 Å². The fourth-order valence-electron chi connectivity index (χ4n) is 4.00. The first kappa shape index (κ1) is 17.5. The van der Waals surface area contributed by atoms with Crippen LogP contribution < -0.4 is 5.32 Å². The number of aryl methyl sites for hydroxylation is 2. The van der Waals surface area contributed by atoms with E-state index >= 15 is 0 Å². The minimum Gasteiger partial charge on any atom is -0.341 e. The molecule has 0 atom stereocenters. The van der Waals surface area contributed by atoms with Crippen molar-refractivity contribution < 1.29 is 4.79 Å². The zero-order valence-electron chi connectivity index (χ0n) is 16.6. The third-order valence-electron chi connectivity index (χ3n) is 5.50. The van der Waals surface area contributed by atoms with Crippen LogP contribution in [0.25, 0.3) is 33.4 Å². The zero-order valence-corrected chi connectivity index (χ0v) is 16.6. The molecule has 0 saturated heterocycles. The summed E-state index contributed by atoms with van der Waals surface area (Å²) in [5.74, 6) is 0. The van der Waals surface area contributed by atoms with Crippen LogP contribution in [0.5, 0.6) is 0 Å². The molecule has 0 aliphatic carbocycles. The summed E-state index contributed by atoms with van der Waals surface area (Å²) in [6, 6.07) is 6.21. The van der Waals surface area contributed by atoms with Crippen molar-refractivity contribution in [3.8, 4) is 22.5 Å². The van der Waals surface area contributed by atoms with Gasteiger partial charge in [0.05, 0.1) is 36.0 Å². The predicted octanol–water partition coefficient (Wildman–Crippen LogP) is 1.99. The van der Waals surface area contributed by atoms with Crippen molar-refractivity contribution in [2.24, 2.45) is 14.1 Å². The third-order valence-corrected chi connectivity index (χ3v) is 5.50. The van der Waals surface area contributed by atoms with Gasteiger partial charge in [-0.15, -0.1) is 0 Å². The van der Waals surface area contributed by atoms with Crippen molar-refractivity contribution in [2.45, 2.75) is 13.1 Å². The monoisotopic (exact) mass is 390 g/mol. The maximum absolute atomic E-state index is 12.1. The van der Waals surface area contributed by atoms with E-state index in [2.05, 4.69) is 38.2 Å². The quantitative estimate of drug-likeness (QED) is 0.567. The van der Waals surface area contributed by atoms with E-state index in [1.165, 1.54) is 0 Å². The van der Waals surface area contributed by atoms with E-state index in [0.29, 0.717) is 13.1 Å². The maximum atomic E-state index is 12.1. The lowest BCUT2D eigenvalue weighted by Gasteiger charge is -2.28. The summed E-state index contributed by atoms with van der Waals surface area (Å²) < 4.78 is 5.79. The average Bonchev–Trinajstić information content (AvgIpc) is 3.43. The fourth-order valence-corrected chi connectivity index (χ4v) is 4.00. The fraction of sp³-hybridized carbons (Fsp3) is 0.300. The largest absolute Gasteiger partial charge is 0.341 e. The molecule has 9 nitrogen and oxygen atoms in total. The van der Waals surface area contributed by atoms with Gasteiger partial charge in [0.25, 0.3) is 0 Å². The molecule has 29 heavy (non-hydrogen) atoms. The number of rotatable bonds is 2. The Kier molecular flexibility index (Phi) is 3.90. The Hall–Kier alpha value is -3.62. The van der Waals surface area contributed by atoms with Gasteiger partial charge in [-0.3, -0.25) is 9.36 Å². The summed E-state index contributed by atoms with van der Waals surface area (Å²) in [6.45, 7) is 1.95. The van der Waals surface area contributed by atoms with E-state index in [0.717, 1.165) is 45.7 Å². The molecule has 0 bridgehead atoms. The lowest BCUT2D eigenvalue weighted by atomic mass is 10.0. The van der Waals surface area contributed by atoms with Gasteiger partial charge in [0.1, 0.15) is 5.69 Å². The number of carbonyl (C=O) groups excluding carboxylic acids is 1. The number of nitrogens with one attached hydrogen (secondary N) is 1. The molecule has 9 heteroatoms. The average molecular weight is 390 g/mol. The van der Waals surface area contributed by atoms with E-state index < -0.39 is 0 Å². The number of urea groups is 1. The zero-order chi connectivity index (χ0) is 20.1. The topological polar surface area (TPSA) is 85.8 Å². The minimum atomic E-state index is -0.0648. The van der Waals surface area contributed by atoms with Crippen molar-refractivity contribution in [2.75, 3.05) is 13.6 Å². The number of aromatic nitrogens is 6. The molecule has 1 aliphatic rings. The molecule has 0 unspecified atom stereocenters. The van der Waals surface area contributed by atoms with E-state index in [4.69, 9.17) is 5.10 Å². The van der Waals surface area contributed by atoms with Gasteiger partial charge in [0.2, 0.25) is 0 Å². The van der Waals surface area contributed by atoms with Crippen molar-refractivity contribution in [3.63, 3.8) is 0 Å². The second-order valence-corrected chi connectivity index (χ2v) is 7.32. The molecule has 148 valence electrons. The van der Waals surface area contributed by atoms with Crippen LogP contribution in [-0.4, -0.2) is 53.6 Å². The molecular weight excluding hydrogens is 368 g/mol. The number of carbonyl (C=O) groups is 1. The summed E-state index contributed by atoms with van der Waals surface area (Å²) in [6.07, 6.45) is 5.66. The standard InChI is InChI=1S/C20H22N8O/c1-21-20(29)27-6-7-28-12-22-19(17(28)11-27)13-4-5-16-15(8-13)18(24-26(16)3)14-9-23-25(2)10-14/h4-5,8-10,12H,6-7,11H2,1-3H3,(H,21,29). The van der Waals surface area contributed by atoms with E-state index in [9.17, 15) is 4.79 Å². The first-order valence-corrected chi connectivity index (χ1v) is 9.52. The van der Waals surface area contributed by atoms with Crippen LogP contribution in [0.1, 0.15) is 5.69 Å².